The molecule has 4 atom stereocenters. The van der Waals surface area contributed by atoms with Crippen molar-refractivity contribution in [2.24, 2.45) is 0 Å². The van der Waals surface area contributed by atoms with E-state index in [1.54, 1.807) is 0 Å². The van der Waals surface area contributed by atoms with Crippen LogP contribution < -0.4 is 0 Å². The topological polar surface area (TPSA) is 67.2 Å². The van der Waals surface area contributed by atoms with Gasteiger partial charge in [0.1, 0.15) is 12.2 Å². The number of fused-ring (bicyclic) bond motifs is 1. The number of hydrogen-bond donors (Lipinski definition) is 3. The van der Waals surface area contributed by atoms with Gasteiger partial charge in [0, 0.05) is 19.6 Å². The minimum Gasteiger partial charge on any atom is -0.389 e. The molecule has 0 bridgehead atoms. The largest absolute Gasteiger partial charge is 0.389 e. The summed E-state index contributed by atoms with van der Waals surface area (Å²) < 4.78 is 0. The van der Waals surface area contributed by atoms with E-state index in [0.717, 1.165) is 19.5 Å². The number of rotatable bonds is 0. The summed E-state index contributed by atoms with van der Waals surface area (Å²) in [4.78, 5) is 4.06. The Morgan fingerprint density at radius 3 is 2.50 bits per heavy atom. The Kier molecular flexibility index (Phi) is 2.77. The van der Waals surface area contributed by atoms with Gasteiger partial charge in [-0.1, -0.05) is 0 Å². The highest BCUT2D eigenvalue weighted by atomic mass is 16.4. The zero-order valence-corrected chi connectivity index (χ0v) is 8.37. The van der Waals surface area contributed by atoms with Crippen molar-refractivity contribution >= 4 is 0 Å². The van der Waals surface area contributed by atoms with E-state index in [2.05, 4.69) is 0 Å². The van der Waals surface area contributed by atoms with Crippen LogP contribution in [0.4, 0.5) is 0 Å². The summed E-state index contributed by atoms with van der Waals surface area (Å²) in [5.74, 6) is 0. The number of piperidine rings is 1. The summed E-state index contributed by atoms with van der Waals surface area (Å²) in [5.41, 5.74) is 0. The van der Waals surface area contributed by atoms with Crippen LogP contribution in [0.25, 0.3) is 0 Å². The normalized spacial score (nSPS) is 46.3. The molecule has 2 aliphatic heterocycles. The zero-order valence-electron chi connectivity index (χ0n) is 8.37. The van der Waals surface area contributed by atoms with Crippen LogP contribution in [-0.4, -0.2) is 76.3 Å². The molecule has 2 aliphatic rings. The third kappa shape index (κ3) is 1.55. The second kappa shape index (κ2) is 3.75. The first-order valence-electron chi connectivity index (χ1n) is 5.10. The lowest BCUT2D eigenvalue weighted by Crippen LogP contribution is -2.68. The highest BCUT2D eigenvalue weighted by Gasteiger charge is 2.44. The smallest absolute Gasteiger partial charge is 0.111 e. The van der Waals surface area contributed by atoms with Gasteiger partial charge >= 0.3 is 0 Å². The molecule has 14 heavy (non-hydrogen) atoms. The van der Waals surface area contributed by atoms with Crippen molar-refractivity contribution in [1.29, 1.82) is 0 Å². The van der Waals surface area contributed by atoms with Gasteiger partial charge < -0.3 is 15.3 Å². The molecule has 2 heterocycles. The molecule has 2 rings (SSSR count). The molecule has 0 aromatic carbocycles. The summed E-state index contributed by atoms with van der Waals surface area (Å²) >= 11 is 0. The monoisotopic (exact) mass is 202 g/mol. The first kappa shape index (κ1) is 10.3. The van der Waals surface area contributed by atoms with Gasteiger partial charge in [-0.25, -0.2) is 0 Å². The lowest BCUT2D eigenvalue weighted by atomic mass is 9.96. The van der Waals surface area contributed by atoms with Gasteiger partial charge in [-0.2, -0.15) is 0 Å². The number of nitrogens with zero attached hydrogens (tertiary/aromatic N) is 2. The summed E-state index contributed by atoms with van der Waals surface area (Å²) in [5, 5.41) is 28.9. The van der Waals surface area contributed by atoms with E-state index in [4.69, 9.17) is 0 Å². The van der Waals surface area contributed by atoms with Crippen LogP contribution in [0.1, 0.15) is 6.42 Å². The van der Waals surface area contributed by atoms with E-state index in [1.165, 1.54) is 0 Å². The van der Waals surface area contributed by atoms with Crippen LogP contribution in [0.5, 0.6) is 0 Å². The van der Waals surface area contributed by atoms with Gasteiger partial charge in [-0.3, -0.25) is 9.80 Å². The van der Waals surface area contributed by atoms with Gasteiger partial charge in [-0.05, 0) is 13.5 Å². The fourth-order valence-corrected chi connectivity index (χ4v) is 2.49. The van der Waals surface area contributed by atoms with E-state index in [0.29, 0.717) is 6.54 Å². The number of aliphatic hydroxyl groups is 3. The van der Waals surface area contributed by atoms with E-state index >= 15 is 0 Å². The van der Waals surface area contributed by atoms with Crippen LogP contribution in [0.15, 0.2) is 0 Å². The first-order valence-corrected chi connectivity index (χ1v) is 5.10. The minimum absolute atomic E-state index is 0.137. The Morgan fingerprint density at radius 1 is 1.07 bits per heavy atom. The maximum Gasteiger partial charge on any atom is 0.111 e. The van der Waals surface area contributed by atoms with Crippen molar-refractivity contribution in [3.63, 3.8) is 0 Å². The Bertz CT molecular complexity index is 212. The molecule has 3 N–H and O–H groups in total. The van der Waals surface area contributed by atoms with Gasteiger partial charge in [0.2, 0.25) is 0 Å². The lowest BCUT2D eigenvalue weighted by molar-refractivity contribution is -0.179. The van der Waals surface area contributed by atoms with Crippen LogP contribution in [0, 0.1) is 0 Å². The fourth-order valence-electron chi connectivity index (χ4n) is 2.49. The van der Waals surface area contributed by atoms with E-state index in [-0.39, 0.29) is 6.17 Å². The van der Waals surface area contributed by atoms with E-state index in [1.807, 2.05) is 16.8 Å². The van der Waals surface area contributed by atoms with Crippen molar-refractivity contribution in [3.05, 3.63) is 0 Å². The molecule has 2 fully saturated rings. The van der Waals surface area contributed by atoms with Gasteiger partial charge in [0.05, 0.1) is 12.3 Å². The van der Waals surface area contributed by atoms with Crippen molar-refractivity contribution in [1.82, 2.24) is 9.80 Å². The number of aliphatic hydroxyl groups excluding tert-OH is 3. The lowest BCUT2D eigenvalue weighted by Gasteiger charge is -2.50. The van der Waals surface area contributed by atoms with Gasteiger partial charge in [0.25, 0.3) is 0 Å². The van der Waals surface area contributed by atoms with Crippen molar-refractivity contribution < 1.29 is 15.3 Å². The highest BCUT2D eigenvalue weighted by molar-refractivity contribution is 4.95. The molecular formula is C9H18N2O3. The highest BCUT2D eigenvalue weighted by Crippen LogP contribution is 2.24. The number of likely N-dealkylation sites (N-methyl/N-ethyl adjacent to an activating group) is 1. The molecule has 0 radical (unpaired) electrons. The summed E-state index contributed by atoms with van der Waals surface area (Å²) in [6, 6.07) is 0. The quantitative estimate of drug-likeness (QED) is 0.426. The Hall–Kier alpha value is -0.200. The fraction of sp³-hybridized carbons (Fsp3) is 1.00. The number of hydrogen-bond acceptors (Lipinski definition) is 5. The molecular weight excluding hydrogens is 184 g/mol. The molecule has 0 unspecified atom stereocenters. The van der Waals surface area contributed by atoms with E-state index in [9.17, 15) is 15.3 Å². The molecule has 0 spiro atoms. The second-order valence-electron chi connectivity index (χ2n) is 4.29. The summed E-state index contributed by atoms with van der Waals surface area (Å²) in [6.07, 6.45) is -1.81. The van der Waals surface area contributed by atoms with Crippen LogP contribution in [-0.2, 0) is 0 Å². The molecule has 82 valence electrons. The van der Waals surface area contributed by atoms with Crippen molar-refractivity contribution in [2.75, 3.05) is 26.7 Å². The summed E-state index contributed by atoms with van der Waals surface area (Å²) in [7, 11) is 1.93. The van der Waals surface area contributed by atoms with Crippen LogP contribution in [0.2, 0.25) is 0 Å². The Labute approximate surface area is 83.5 Å². The van der Waals surface area contributed by atoms with Gasteiger partial charge in [0.15, 0.2) is 0 Å². The van der Waals surface area contributed by atoms with Gasteiger partial charge in [-0.15, -0.1) is 0 Å². The SMILES string of the molecule is CN1CCCN2C[C@@H](O)[C@H](O)[C@@H](O)[C@H]12. The minimum atomic E-state index is -1.02. The summed E-state index contributed by atoms with van der Waals surface area (Å²) in [6.45, 7) is 2.27. The molecule has 0 aromatic heterocycles. The predicted molar refractivity (Wildman–Crippen MR) is 50.6 cm³/mol. The van der Waals surface area contributed by atoms with E-state index < -0.39 is 18.3 Å². The average molecular weight is 202 g/mol. The van der Waals surface area contributed by atoms with Crippen LogP contribution >= 0.6 is 0 Å². The molecule has 0 aromatic rings. The van der Waals surface area contributed by atoms with Crippen molar-refractivity contribution in [2.45, 2.75) is 30.9 Å². The first-order chi connectivity index (χ1) is 6.61. The molecule has 0 amide bonds. The Morgan fingerprint density at radius 2 is 1.79 bits per heavy atom. The third-order valence-electron chi connectivity index (χ3n) is 3.25. The molecule has 5 heteroatoms. The molecule has 2 saturated heterocycles. The molecule has 5 nitrogen and oxygen atoms in total. The second-order valence-corrected chi connectivity index (χ2v) is 4.29. The van der Waals surface area contributed by atoms with Crippen LogP contribution in [0.3, 0.4) is 0 Å². The Balaban J connectivity index is 2.14. The molecule has 0 aliphatic carbocycles. The third-order valence-corrected chi connectivity index (χ3v) is 3.25. The van der Waals surface area contributed by atoms with Crippen molar-refractivity contribution in [3.8, 4) is 0 Å². The zero-order chi connectivity index (χ0) is 10.3. The maximum atomic E-state index is 9.82. The maximum absolute atomic E-state index is 9.82. The standard InChI is InChI=1S/C9H18N2O3/c1-10-3-2-4-11-5-6(12)7(13)8(14)9(10)11/h6-9,12-14H,2-5H2,1H3/t6-,7+,8-,9-/m1/s1. The predicted octanol–water partition coefficient (Wildman–Crippen LogP) is -1.95. The molecule has 0 saturated carbocycles. The average Bonchev–Trinajstić information content (AvgIpc) is 2.14.